The van der Waals surface area contributed by atoms with Crippen LogP contribution < -0.4 is 5.32 Å². The maximum Gasteiger partial charge on any atom is 0.330 e. The molecule has 130 valence electrons. The van der Waals surface area contributed by atoms with Crippen LogP contribution in [0.25, 0.3) is 0 Å². The normalized spacial score (nSPS) is 22.8. The molecule has 2 aliphatic heterocycles. The van der Waals surface area contributed by atoms with Gasteiger partial charge in [-0.15, -0.1) is 0 Å². The molecule has 0 aromatic rings. The Balaban J connectivity index is 2.04. The molecule has 2 amide bonds. The van der Waals surface area contributed by atoms with E-state index in [-0.39, 0.29) is 24.3 Å². The Hall–Kier alpha value is -1.28. The summed E-state index contributed by atoms with van der Waals surface area (Å²) in [5, 5.41) is 2.22. The van der Waals surface area contributed by atoms with Gasteiger partial charge in [0.05, 0.1) is 32.5 Å². The van der Waals surface area contributed by atoms with Crippen LogP contribution in [-0.2, 0) is 19.1 Å². The number of esters is 1. The number of thioether (sulfide) groups is 1. The number of ether oxygens (including phenoxy) is 1. The number of piperazine rings is 1. The van der Waals surface area contributed by atoms with Gasteiger partial charge in [-0.05, 0) is 6.26 Å². The first-order valence-electron chi connectivity index (χ1n) is 8.05. The summed E-state index contributed by atoms with van der Waals surface area (Å²) in [5.41, 5.74) is 0. The van der Waals surface area contributed by atoms with Crippen molar-refractivity contribution in [3.63, 3.8) is 0 Å². The average Bonchev–Trinajstić information content (AvgIpc) is 2.60. The summed E-state index contributed by atoms with van der Waals surface area (Å²) in [5.74, 6) is -0.0307. The van der Waals surface area contributed by atoms with Gasteiger partial charge in [-0.3, -0.25) is 9.59 Å². The van der Waals surface area contributed by atoms with Crippen molar-refractivity contribution >= 4 is 29.5 Å². The van der Waals surface area contributed by atoms with Gasteiger partial charge in [-0.25, -0.2) is 4.79 Å². The molecular weight excluding hydrogens is 318 g/mol. The lowest BCUT2D eigenvalue weighted by molar-refractivity contribution is -0.664. The predicted octanol–water partition coefficient (Wildman–Crippen LogP) is -1.46. The fraction of sp³-hybridized carbons (Fsp3) is 0.800. The molecule has 2 aliphatic rings. The molecule has 0 aliphatic carbocycles. The summed E-state index contributed by atoms with van der Waals surface area (Å²) in [6.07, 6.45) is 3.62. The number of nitrogens with two attached hydrogens (primary N) is 1. The van der Waals surface area contributed by atoms with E-state index in [1.807, 2.05) is 6.26 Å². The van der Waals surface area contributed by atoms with Crippen LogP contribution in [-0.4, -0.2) is 85.5 Å². The highest BCUT2D eigenvalue weighted by Gasteiger charge is 2.39. The minimum absolute atomic E-state index is 0.0479. The van der Waals surface area contributed by atoms with Gasteiger partial charge in [0.1, 0.15) is 6.04 Å². The van der Waals surface area contributed by atoms with E-state index in [1.54, 1.807) is 9.80 Å². The number of methoxy groups -OCH3 is 1. The Morgan fingerprint density at radius 2 is 1.91 bits per heavy atom. The highest BCUT2D eigenvalue weighted by molar-refractivity contribution is 7.99. The van der Waals surface area contributed by atoms with Crippen molar-refractivity contribution in [2.45, 2.75) is 18.9 Å². The molecule has 23 heavy (non-hydrogen) atoms. The van der Waals surface area contributed by atoms with Crippen LogP contribution in [0, 0.1) is 5.92 Å². The number of amides is 2. The molecule has 2 rings (SSSR count). The number of nitrogens with zero attached hydrogens (tertiary/aromatic N) is 2. The summed E-state index contributed by atoms with van der Waals surface area (Å²) >= 11 is 1.43. The van der Waals surface area contributed by atoms with Gasteiger partial charge in [-0.1, -0.05) is 0 Å². The van der Waals surface area contributed by atoms with Gasteiger partial charge in [0.2, 0.25) is 11.8 Å². The van der Waals surface area contributed by atoms with Crippen LogP contribution in [0.4, 0.5) is 0 Å². The highest BCUT2D eigenvalue weighted by atomic mass is 32.2. The van der Waals surface area contributed by atoms with E-state index in [0.717, 1.165) is 25.9 Å². The molecule has 0 bridgehead atoms. The summed E-state index contributed by atoms with van der Waals surface area (Å²) in [6.45, 7) is 3.08. The number of carbonyl (C=O) groups is 3. The van der Waals surface area contributed by atoms with Crippen molar-refractivity contribution in [1.29, 1.82) is 0 Å². The SMILES string of the molecule is COC(=O)[C@@H]1CN(C(=O)C2CC[NH2+]CC2)CCN1C(=O)CSC. The van der Waals surface area contributed by atoms with Crippen LogP contribution in [0.15, 0.2) is 0 Å². The molecule has 0 aromatic carbocycles. The fourth-order valence-corrected chi connectivity index (χ4v) is 3.67. The Kier molecular flexibility index (Phi) is 6.71. The first-order chi connectivity index (χ1) is 11.1. The van der Waals surface area contributed by atoms with E-state index in [1.165, 1.54) is 18.9 Å². The molecule has 2 fully saturated rings. The number of rotatable bonds is 4. The summed E-state index contributed by atoms with van der Waals surface area (Å²) in [7, 11) is 1.32. The van der Waals surface area contributed by atoms with Gasteiger partial charge in [-0.2, -0.15) is 11.8 Å². The van der Waals surface area contributed by atoms with Gasteiger partial charge < -0.3 is 19.9 Å². The minimum atomic E-state index is -0.687. The second-order valence-electron chi connectivity index (χ2n) is 5.98. The van der Waals surface area contributed by atoms with Gasteiger partial charge >= 0.3 is 5.97 Å². The van der Waals surface area contributed by atoms with E-state index in [2.05, 4.69) is 5.32 Å². The first-order valence-corrected chi connectivity index (χ1v) is 9.44. The zero-order valence-corrected chi connectivity index (χ0v) is 14.6. The smallest absolute Gasteiger partial charge is 0.330 e. The molecular formula is C15H26N3O4S+. The monoisotopic (exact) mass is 344 g/mol. The van der Waals surface area contributed by atoms with Crippen LogP contribution in [0.1, 0.15) is 12.8 Å². The molecule has 2 heterocycles. The summed E-state index contributed by atoms with van der Waals surface area (Å²) in [4.78, 5) is 40.2. The molecule has 2 N–H and O–H groups in total. The Bertz CT molecular complexity index is 454. The second-order valence-corrected chi connectivity index (χ2v) is 6.85. The van der Waals surface area contributed by atoms with E-state index in [9.17, 15) is 14.4 Å². The van der Waals surface area contributed by atoms with Crippen molar-refractivity contribution in [2.24, 2.45) is 5.92 Å². The number of carbonyl (C=O) groups excluding carboxylic acids is 3. The quantitative estimate of drug-likeness (QED) is 0.630. The number of hydrogen-bond acceptors (Lipinski definition) is 5. The topological polar surface area (TPSA) is 83.5 Å². The third-order valence-corrected chi connectivity index (χ3v) is 5.08. The van der Waals surface area contributed by atoms with Crippen molar-refractivity contribution in [3.8, 4) is 0 Å². The van der Waals surface area contributed by atoms with Crippen molar-refractivity contribution in [2.75, 3.05) is 51.8 Å². The Morgan fingerprint density at radius 3 is 2.52 bits per heavy atom. The van der Waals surface area contributed by atoms with Gasteiger partial charge in [0.25, 0.3) is 0 Å². The zero-order valence-electron chi connectivity index (χ0n) is 13.8. The molecule has 0 unspecified atom stereocenters. The molecule has 0 spiro atoms. The van der Waals surface area contributed by atoms with Crippen LogP contribution >= 0.6 is 11.8 Å². The van der Waals surface area contributed by atoms with Gasteiger partial charge in [0, 0.05) is 31.8 Å². The lowest BCUT2D eigenvalue weighted by Gasteiger charge is -2.41. The highest BCUT2D eigenvalue weighted by Crippen LogP contribution is 2.19. The first kappa shape index (κ1) is 18.1. The maximum atomic E-state index is 12.7. The van der Waals surface area contributed by atoms with Crippen molar-refractivity contribution in [3.05, 3.63) is 0 Å². The molecule has 1 atom stereocenters. The summed E-state index contributed by atoms with van der Waals surface area (Å²) in [6, 6.07) is -0.687. The minimum Gasteiger partial charge on any atom is -0.467 e. The Morgan fingerprint density at radius 1 is 1.22 bits per heavy atom. The third kappa shape index (κ3) is 4.38. The predicted molar refractivity (Wildman–Crippen MR) is 86.9 cm³/mol. The van der Waals surface area contributed by atoms with E-state index in [4.69, 9.17) is 4.74 Å². The molecule has 8 heteroatoms. The van der Waals surface area contributed by atoms with Crippen molar-refractivity contribution in [1.82, 2.24) is 9.80 Å². The molecule has 0 aromatic heterocycles. The molecule has 0 radical (unpaired) electrons. The van der Waals surface area contributed by atoms with Gasteiger partial charge in [0.15, 0.2) is 0 Å². The third-order valence-electron chi connectivity index (χ3n) is 4.54. The molecule has 0 saturated carbocycles. The number of quaternary nitrogens is 1. The van der Waals surface area contributed by atoms with E-state index >= 15 is 0 Å². The average molecular weight is 344 g/mol. The maximum absolute atomic E-state index is 12.7. The zero-order chi connectivity index (χ0) is 16.8. The molecule has 2 saturated heterocycles. The van der Waals surface area contributed by atoms with Crippen LogP contribution in [0.2, 0.25) is 0 Å². The fourth-order valence-electron chi connectivity index (χ4n) is 3.26. The van der Waals surface area contributed by atoms with Crippen LogP contribution in [0.3, 0.4) is 0 Å². The lowest BCUT2D eigenvalue weighted by Crippen LogP contribution is -2.86. The Labute approximate surface area is 141 Å². The van der Waals surface area contributed by atoms with E-state index in [0.29, 0.717) is 18.8 Å². The number of hydrogen-bond donors (Lipinski definition) is 1. The van der Waals surface area contributed by atoms with Crippen molar-refractivity contribution < 1.29 is 24.4 Å². The van der Waals surface area contributed by atoms with E-state index < -0.39 is 12.0 Å². The molecule has 7 nitrogen and oxygen atoms in total. The lowest BCUT2D eigenvalue weighted by atomic mass is 9.96. The standard InChI is InChI=1S/C15H25N3O4S/c1-22-15(21)12-9-17(7-8-18(12)13(19)10-23-2)14(20)11-3-5-16-6-4-11/h11-12,16H,3-10H2,1-2H3/p+1/t12-/m0/s1. The van der Waals surface area contributed by atoms with Crippen LogP contribution in [0.5, 0.6) is 0 Å². The largest absolute Gasteiger partial charge is 0.467 e. The summed E-state index contributed by atoms with van der Waals surface area (Å²) < 4.78 is 4.84. The second kappa shape index (κ2) is 8.54. The number of piperidine rings is 1.